The quantitative estimate of drug-likeness (QED) is 0.259. The Labute approximate surface area is 88.7 Å². The summed E-state index contributed by atoms with van der Waals surface area (Å²) in [5.41, 5.74) is -3.20. The van der Waals surface area contributed by atoms with Gasteiger partial charge in [0.1, 0.15) is 5.92 Å². The van der Waals surface area contributed by atoms with Crippen molar-refractivity contribution in [2.24, 2.45) is 5.92 Å². The summed E-state index contributed by atoms with van der Waals surface area (Å²) in [6, 6.07) is 0. The van der Waals surface area contributed by atoms with Crippen LogP contribution in [0.15, 0.2) is 0 Å². The number of carboxylic acids is 3. The predicted molar refractivity (Wildman–Crippen MR) is 44.2 cm³/mol. The summed E-state index contributed by atoms with van der Waals surface area (Å²) in [7, 11) is 0. The van der Waals surface area contributed by atoms with Crippen LogP contribution < -0.4 is 0 Å². The fourth-order valence-corrected chi connectivity index (χ4v) is 1.21. The number of rotatable bonds is 7. The lowest BCUT2D eigenvalue weighted by Crippen LogP contribution is -2.57. The van der Waals surface area contributed by atoms with Crippen LogP contribution in [0.2, 0.25) is 0 Å². The van der Waals surface area contributed by atoms with E-state index >= 15 is 0 Å². The van der Waals surface area contributed by atoms with E-state index in [1.807, 2.05) is 0 Å². The van der Waals surface area contributed by atoms with Gasteiger partial charge in [0.15, 0.2) is 0 Å². The third-order valence-corrected chi connectivity index (χ3v) is 2.00. The Morgan fingerprint density at radius 2 is 1.62 bits per heavy atom. The summed E-state index contributed by atoms with van der Waals surface area (Å²) in [6.45, 7) is 1.25. The minimum Gasteiger partial charge on any atom is -0.481 e. The zero-order chi connectivity index (χ0) is 12.9. The highest BCUT2D eigenvalue weighted by Gasteiger charge is 2.59. The van der Waals surface area contributed by atoms with Crippen molar-refractivity contribution in [1.29, 1.82) is 0 Å². The van der Waals surface area contributed by atoms with Crippen LogP contribution in [-0.2, 0) is 24.3 Å². The smallest absolute Gasteiger partial charge is 0.352 e. The maximum Gasteiger partial charge on any atom is 0.352 e. The van der Waals surface area contributed by atoms with Crippen LogP contribution in [-0.4, -0.2) is 44.1 Å². The van der Waals surface area contributed by atoms with E-state index in [1.54, 1.807) is 0 Å². The third-order valence-electron chi connectivity index (χ3n) is 2.00. The van der Waals surface area contributed by atoms with E-state index in [2.05, 4.69) is 9.93 Å². The van der Waals surface area contributed by atoms with Gasteiger partial charge in [-0.05, 0) is 6.42 Å². The molecule has 0 aliphatic rings. The molecule has 4 N–H and O–H groups in total. The highest BCUT2D eigenvalue weighted by Crippen LogP contribution is 2.27. The Bertz CT molecular complexity index is 282. The molecule has 0 amide bonds. The number of carbonyl (C=O) groups is 3. The summed E-state index contributed by atoms with van der Waals surface area (Å²) in [5.74, 6) is -7.81. The predicted octanol–water partition coefficient (Wildman–Crippen LogP) is -0.574. The molecule has 0 aromatic carbocycles. The molecule has 0 aromatic heterocycles. The lowest BCUT2D eigenvalue weighted by atomic mass is 9.85. The first-order valence-corrected chi connectivity index (χ1v) is 4.03. The average Bonchev–Trinajstić information content (AvgIpc) is 2.15. The molecule has 0 aromatic rings. The first kappa shape index (κ1) is 14.3. The molecule has 0 aliphatic carbocycles. The molecular formula is C7H10O9. The zero-order valence-electron chi connectivity index (χ0n) is 8.11. The van der Waals surface area contributed by atoms with Crippen LogP contribution in [0, 0.1) is 5.92 Å². The maximum absolute atomic E-state index is 10.8. The standard InChI is InChI=1S/C7H10O9/c1-2-3(4(8)9)7(5(10)11,6(12)13)15-16-14/h3,14H,2H2,1H3,(H,8,9)(H,10,11)(H,12,13). The van der Waals surface area contributed by atoms with Gasteiger partial charge in [-0.3, -0.25) is 4.79 Å². The maximum atomic E-state index is 10.8. The second-order valence-electron chi connectivity index (χ2n) is 2.80. The van der Waals surface area contributed by atoms with Crippen molar-refractivity contribution >= 4 is 17.9 Å². The van der Waals surface area contributed by atoms with E-state index in [4.69, 9.17) is 20.6 Å². The van der Waals surface area contributed by atoms with Gasteiger partial charge in [-0.25, -0.2) is 14.8 Å². The molecule has 0 spiro atoms. The molecule has 0 rings (SSSR count). The minimum atomic E-state index is -3.20. The van der Waals surface area contributed by atoms with E-state index < -0.39 is 29.4 Å². The van der Waals surface area contributed by atoms with Crippen molar-refractivity contribution < 1.29 is 44.9 Å². The molecule has 1 unspecified atom stereocenters. The largest absolute Gasteiger partial charge is 0.481 e. The van der Waals surface area contributed by atoms with Crippen LogP contribution in [0.4, 0.5) is 0 Å². The molecule has 0 saturated heterocycles. The fraction of sp³-hybridized carbons (Fsp3) is 0.571. The minimum absolute atomic E-state index is 0.350. The van der Waals surface area contributed by atoms with Crippen molar-refractivity contribution in [3.8, 4) is 0 Å². The van der Waals surface area contributed by atoms with Crippen LogP contribution in [0.25, 0.3) is 0 Å². The topological polar surface area (TPSA) is 151 Å². The third kappa shape index (κ3) is 2.27. The Balaban J connectivity index is 5.56. The molecule has 9 nitrogen and oxygen atoms in total. The van der Waals surface area contributed by atoms with Crippen LogP contribution >= 0.6 is 0 Å². The SMILES string of the molecule is CCC(C(=O)O)C(OOO)(C(=O)O)C(=O)O. The molecule has 0 radical (unpaired) electrons. The normalized spacial score (nSPS) is 13.1. The van der Waals surface area contributed by atoms with Crippen molar-refractivity contribution in [2.45, 2.75) is 18.9 Å². The van der Waals surface area contributed by atoms with Crippen LogP contribution in [0.3, 0.4) is 0 Å². The molecule has 0 saturated carbocycles. The zero-order valence-corrected chi connectivity index (χ0v) is 8.11. The second-order valence-corrected chi connectivity index (χ2v) is 2.80. The summed E-state index contributed by atoms with van der Waals surface area (Å²) in [4.78, 5) is 36.1. The first-order valence-electron chi connectivity index (χ1n) is 4.03. The van der Waals surface area contributed by atoms with E-state index in [1.165, 1.54) is 6.92 Å². The number of aliphatic carboxylic acids is 3. The first-order chi connectivity index (χ1) is 7.34. The van der Waals surface area contributed by atoms with Gasteiger partial charge in [0.2, 0.25) is 0 Å². The summed E-state index contributed by atoms with van der Waals surface area (Å²) in [6.07, 6.45) is -0.350. The molecule has 92 valence electrons. The Morgan fingerprint density at radius 3 is 1.81 bits per heavy atom. The molecule has 0 fully saturated rings. The van der Waals surface area contributed by atoms with Gasteiger partial charge in [0, 0.05) is 0 Å². The molecule has 0 aliphatic heterocycles. The summed E-state index contributed by atoms with van der Waals surface area (Å²) in [5, 5.41) is 37.1. The van der Waals surface area contributed by atoms with Crippen molar-refractivity contribution in [2.75, 3.05) is 0 Å². The Kier molecular flexibility index (Phi) is 4.82. The van der Waals surface area contributed by atoms with Crippen molar-refractivity contribution in [3.05, 3.63) is 0 Å². The molecule has 16 heavy (non-hydrogen) atoms. The highest BCUT2D eigenvalue weighted by molar-refractivity contribution is 6.05. The molecule has 1 atom stereocenters. The van der Waals surface area contributed by atoms with E-state index in [0.717, 1.165) is 0 Å². The lowest BCUT2D eigenvalue weighted by Gasteiger charge is -2.26. The number of hydrogen-bond acceptors (Lipinski definition) is 6. The van der Waals surface area contributed by atoms with Crippen LogP contribution in [0.1, 0.15) is 13.3 Å². The average molecular weight is 238 g/mol. The molecule has 9 heteroatoms. The summed E-state index contributed by atoms with van der Waals surface area (Å²) >= 11 is 0. The van der Waals surface area contributed by atoms with Gasteiger partial charge < -0.3 is 15.3 Å². The molecule has 0 heterocycles. The fourth-order valence-electron chi connectivity index (χ4n) is 1.21. The van der Waals surface area contributed by atoms with Gasteiger partial charge in [0.05, 0.1) is 0 Å². The Hall–Kier alpha value is -1.71. The van der Waals surface area contributed by atoms with Gasteiger partial charge in [-0.1, -0.05) is 12.0 Å². The van der Waals surface area contributed by atoms with E-state index in [0.29, 0.717) is 0 Å². The van der Waals surface area contributed by atoms with E-state index in [-0.39, 0.29) is 6.42 Å². The van der Waals surface area contributed by atoms with Gasteiger partial charge in [0.25, 0.3) is 0 Å². The van der Waals surface area contributed by atoms with Crippen LogP contribution in [0.5, 0.6) is 0 Å². The van der Waals surface area contributed by atoms with Crippen molar-refractivity contribution in [1.82, 2.24) is 0 Å². The van der Waals surface area contributed by atoms with Gasteiger partial charge >= 0.3 is 23.5 Å². The lowest BCUT2D eigenvalue weighted by molar-refractivity contribution is -0.517. The monoisotopic (exact) mass is 238 g/mol. The van der Waals surface area contributed by atoms with Crippen molar-refractivity contribution in [3.63, 3.8) is 0 Å². The molecule has 0 bridgehead atoms. The second kappa shape index (κ2) is 5.39. The summed E-state index contributed by atoms with van der Waals surface area (Å²) < 4.78 is 0. The van der Waals surface area contributed by atoms with Gasteiger partial charge in [-0.2, -0.15) is 4.89 Å². The number of carboxylic acid groups (broad SMARTS) is 3. The van der Waals surface area contributed by atoms with E-state index in [9.17, 15) is 14.4 Å². The number of hydrogen-bond donors (Lipinski definition) is 4. The molecular weight excluding hydrogens is 228 g/mol. The highest BCUT2D eigenvalue weighted by atomic mass is 17.5. The van der Waals surface area contributed by atoms with Gasteiger partial charge in [-0.15, -0.1) is 0 Å². The Morgan fingerprint density at radius 1 is 1.19 bits per heavy atom.